The molecule has 3 heterocycles. The molecule has 32 heavy (non-hydrogen) atoms. The molecule has 1 fully saturated rings. The van der Waals surface area contributed by atoms with Crippen LogP contribution in [0.1, 0.15) is 32.8 Å². The van der Waals surface area contributed by atoms with E-state index in [1.165, 1.54) is 6.26 Å². The fourth-order valence-electron chi connectivity index (χ4n) is 3.62. The van der Waals surface area contributed by atoms with Gasteiger partial charge >= 0.3 is 12.2 Å². The van der Waals surface area contributed by atoms with Gasteiger partial charge in [0, 0.05) is 24.8 Å². The molecule has 9 heteroatoms. The maximum atomic E-state index is 12.3. The number of carbonyl (C=O) groups excluding carboxylic acids is 2. The maximum absolute atomic E-state index is 12.3. The van der Waals surface area contributed by atoms with Crippen molar-refractivity contribution in [2.75, 3.05) is 31.2 Å². The highest BCUT2D eigenvalue weighted by molar-refractivity contribution is 5.90. The van der Waals surface area contributed by atoms with Gasteiger partial charge in [-0.15, -0.1) is 0 Å². The lowest BCUT2D eigenvalue weighted by atomic mass is 9.99. The van der Waals surface area contributed by atoms with Crippen LogP contribution in [0, 0.1) is 0 Å². The third-order valence-corrected chi connectivity index (χ3v) is 5.18. The van der Waals surface area contributed by atoms with Crippen LogP contribution >= 0.6 is 0 Å². The van der Waals surface area contributed by atoms with Crippen LogP contribution in [0.15, 0.2) is 47.2 Å². The fourth-order valence-corrected chi connectivity index (χ4v) is 3.62. The molecule has 2 amide bonds. The zero-order chi connectivity index (χ0) is 22.7. The molecule has 0 N–H and O–H groups in total. The van der Waals surface area contributed by atoms with Gasteiger partial charge in [-0.05, 0) is 55.6 Å². The smallest absolute Gasteiger partial charge is 0.414 e. The van der Waals surface area contributed by atoms with Crippen LogP contribution in [0.3, 0.4) is 0 Å². The molecule has 2 aliphatic rings. The molecule has 0 aliphatic carbocycles. The molecule has 1 aromatic heterocycles. The fraction of sp³-hybridized carbons (Fsp3) is 0.435. The second-order valence-corrected chi connectivity index (χ2v) is 8.70. The average Bonchev–Trinajstić information content (AvgIpc) is 3.41. The molecule has 2 aromatic rings. The lowest BCUT2D eigenvalue weighted by Gasteiger charge is -2.29. The average molecular weight is 441 g/mol. The minimum atomic E-state index is -0.508. The third-order valence-electron chi connectivity index (χ3n) is 5.18. The summed E-state index contributed by atoms with van der Waals surface area (Å²) < 4.78 is 21.0. The van der Waals surface area contributed by atoms with Crippen LogP contribution in [-0.4, -0.2) is 60.2 Å². The van der Waals surface area contributed by atoms with Crippen molar-refractivity contribution in [2.24, 2.45) is 0 Å². The van der Waals surface area contributed by atoms with Crippen molar-refractivity contribution in [1.29, 1.82) is 0 Å². The Bertz CT molecular complexity index is 978. The first-order chi connectivity index (χ1) is 15.3. The summed E-state index contributed by atoms with van der Waals surface area (Å²) in [6.45, 7) is 7.17. The van der Waals surface area contributed by atoms with Gasteiger partial charge in [-0.1, -0.05) is 18.2 Å². The Balaban J connectivity index is 1.39. The Morgan fingerprint density at radius 3 is 2.62 bits per heavy atom. The number of benzene rings is 1. The summed E-state index contributed by atoms with van der Waals surface area (Å²) in [6, 6.07) is 9.09. The van der Waals surface area contributed by atoms with Gasteiger partial charge in [0.05, 0.1) is 0 Å². The first kappa shape index (κ1) is 21.7. The third kappa shape index (κ3) is 5.04. The minimum Gasteiger partial charge on any atom is -0.473 e. The number of aromatic nitrogens is 1. The highest BCUT2D eigenvalue weighted by atomic mass is 16.6. The number of amides is 2. The number of rotatable bonds is 5. The number of ether oxygens (including phenoxy) is 3. The Morgan fingerprint density at radius 1 is 1.22 bits per heavy atom. The summed E-state index contributed by atoms with van der Waals surface area (Å²) >= 11 is 0. The lowest BCUT2D eigenvalue weighted by molar-refractivity contribution is 0.0270. The Kier molecular flexibility index (Phi) is 6.07. The van der Waals surface area contributed by atoms with Gasteiger partial charge in [-0.25, -0.2) is 9.59 Å². The first-order valence-electron chi connectivity index (χ1n) is 10.6. The Morgan fingerprint density at radius 2 is 2.00 bits per heavy atom. The summed E-state index contributed by atoms with van der Waals surface area (Å²) in [4.78, 5) is 27.8. The van der Waals surface area contributed by atoms with Crippen molar-refractivity contribution in [3.8, 4) is 5.88 Å². The lowest BCUT2D eigenvalue weighted by Crippen LogP contribution is -2.39. The van der Waals surface area contributed by atoms with Gasteiger partial charge < -0.3 is 23.6 Å². The van der Waals surface area contributed by atoms with E-state index in [0.717, 1.165) is 23.2 Å². The van der Waals surface area contributed by atoms with Gasteiger partial charge in [-0.3, -0.25) is 4.90 Å². The predicted molar refractivity (Wildman–Crippen MR) is 116 cm³/mol. The maximum Gasteiger partial charge on any atom is 0.414 e. The molecule has 9 nitrogen and oxygen atoms in total. The summed E-state index contributed by atoms with van der Waals surface area (Å²) in [5, 5.41) is 3.71. The number of hydrogen-bond donors (Lipinski definition) is 0. The molecule has 1 atom stereocenters. The van der Waals surface area contributed by atoms with Crippen LogP contribution in [0.25, 0.3) is 5.57 Å². The van der Waals surface area contributed by atoms with Crippen LogP contribution in [0.5, 0.6) is 5.88 Å². The van der Waals surface area contributed by atoms with Gasteiger partial charge in [-0.2, -0.15) is 0 Å². The molecular weight excluding hydrogens is 414 g/mol. The van der Waals surface area contributed by atoms with Crippen molar-refractivity contribution in [2.45, 2.75) is 38.8 Å². The number of hydrogen-bond acceptors (Lipinski definition) is 7. The van der Waals surface area contributed by atoms with Crippen molar-refractivity contribution < 1.29 is 28.3 Å². The van der Waals surface area contributed by atoms with Crippen molar-refractivity contribution >= 4 is 23.4 Å². The summed E-state index contributed by atoms with van der Waals surface area (Å²) in [5.41, 5.74) is 2.44. The molecule has 170 valence electrons. The molecule has 0 unspecified atom stereocenters. The monoisotopic (exact) mass is 441 g/mol. The van der Waals surface area contributed by atoms with Gasteiger partial charge in [0.15, 0.2) is 0 Å². The molecule has 0 saturated carbocycles. The minimum absolute atomic E-state index is 0.240. The van der Waals surface area contributed by atoms with E-state index in [1.807, 2.05) is 51.1 Å². The molecular formula is C23H27N3O6. The van der Waals surface area contributed by atoms with E-state index < -0.39 is 11.7 Å². The van der Waals surface area contributed by atoms with Crippen LogP contribution in [0.2, 0.25) is 0 Å². The number of carbonyl (C=O) groups is 2. The Hall–Kier alpha value is -3.49. The summed E-state index contributed by atoms with van der Waals surface area (Å²) in [6.07, 6.45) is 3.50. The predicted octanol–water partition coefficient (Wildman–Crippen LogP) is 4.10. The standard InChI is InChI=1S/C23H27N3O6/c1-23(2,3)32-21(27)25-11-8-17(9-12-25)16-4-6-18(7-5-16)26-19(15-30-22(26)28)14-29-20-10-13-31-24-20/h4-8,10,13,19H,9,11-12,14-15H2,1-3H3/t19-/m1/s1. The molecule has 0 radical (unpaired) electrons. The van der Waals surface area contributed by atoms with Crippen LogP contribution in [0.4, 0.5) is 15.3 Å². The molecule has 0 spiro atoms. The van der Waals surface area contributed by atoms with Crippen molar-refractivity contribution in [3.63, 3.8) is 0 Å². The molecule has 1 saturated heterocycles. The number of nitrogens with zero attached hydrogens (tertiary/aromatic N) is 3. The van der Waals surface area contributed by atoms with Crippen molar-refractivity contribution in [3.05, 3.63) is 48.2 Å². The van der Waals surface area contributed by atoms with Gasteiger partial charge in [0.25, 0.3) is 5.88 Å². The van der Waals surface area contributed by atoms with E-state index in [2.05, 4.69) is 5.16 Å². The molecule has 0 bridgehead atoms. The van der Waals surface area contributed by atoms with E-state index in [9.17, 15) is 9.59 Å². The van der Waals surface area contributed by atoms with Gasteiger partial charge in [0.1, 0.15) is 31.1 Å². The van der Waals surface area contributed by atoms with Crippen LogP contribution in [-0.2, 0) is 9.47 Å². The molecule has 1 aromatic carbocycles. The van der Waals surface area contributed by atoms with E-state index in [0.29, 0.717) is 19.0 Å². The zero-order valence-electron chi connectivity index (χ0n) is 18.4. The normalized spacial score (nSPS) is 18.9. The quantitative estimate of drug-likeness (QED) is 0.689. The van der Waals surface area contributed by atoms with E-state index in [-0.39, 0.29) is 25.3 Å². The van der Waals surface area contributed by atoms with Crippen LogP contribution < -0.4 is 9.64 Å². The largest absolute Gasteiger partial charge is 0.473 e. The summed E-state index contributed by atoms with van der Waals surface area (Å²) in [5.74, 6) is 0.365. The van der Waals surface area contributed by atoms with Gasteiger partial charge in [0.2, 0.25) is 0 Å². The zero-order valence-corrected chi connectivity index (χ0v) is 18.4. The number of cyclic esters (lactones) is 1. The second kappa shape index (κ2) is 8.94. The van der Waals surface area contributed by atoms with E-state index in [4.69, 9.17) is 18.7 Å². The highest BCUT2D eigenvalue weighted by Gasteiger charge is 2.35. The summed E-state index contributed by atoms with van der Waals surface area (Å²) in [7, 11) is 0. The molecule has 4 rings (SSSR count). The van der Waals surface area contributed by atoms with Crippen molar-refractivity contribution in [1.82, 2.24) is 10.1 Å². The SMILES string of the molecule is CC(C)(C)OC(=O)N1CC=C(c2ccc(N3C(=O)OC[C@H]3COc3ccon3)cc2)CC1. The first-order valence-corrected chi connectivity index (χ1v) is 10.6. The second-order valence-electron chi connectivity index (χ2n) is 8.70. The highest BCUT2D eigenvalue weighted by Crippen LogP contribution is 2.28. The topological polar surface area (TPSA) is 94.3 Å². The van der Waals surface area contributed by atoms with E-state index in [1.54, 1.807) is 15.9 Å². The molecule has 2 aliphatic heterocycles. The Labute approximate surface area is 186 Å². The van der Waals surface area contributed by atoms with E-state index >= 15 is 0 Å². The number of anilines is 1.